The van der Waals surface area contributed by atoms with Crippen LogP contribution in [-0.4, -0.2) is 60.7 Å². The van der Waals surface area contributed by atoms with E-state index in [0.717, 1.165) is 18.4 Å². The number of rotatable bonds is 15. The fourth-order valence-electron chi connectivity index (χ4n) is 4.65. The average molecular weight is 641 g/mol. The second-order valence-corrected chi connectivity index (χ2v) is 10.9. The van der Waals surface area contributed by atoms with E-state index in [9.17, 15) is 19.2 Å². The summed E-state index contributed by atoms with van der Waals surface area (Å²) in [6.07, 6.45) is 2.91. The van der Waals surface area contributed by atoms with E-state index < -0.39 is 12.0 Å². The summed E-state index contributed by atoms with van der Waals surface area (Å²) < 4.78 is 5.16. The van der Waals surface area contributed by atoms with E-state index in [0.29, 0.717) is 52.6 Å². The first-order valence-corrected chi connectivity index (χ1v) is 15.7. The predicted octanol–water partition coefficient (Wildman–Crippen LogP) is 5.66. The molecule has 0 unspecified atom stereocenters. The first kappa shape index (κ1) is 36.0. The van der Waals surface area contributed by atoms with Gasteiger partial charge in [0.1, 0.15) is 6.61 Å². The molecule has 0 aliphatic heterocycles. The van der Waals surface area contributed by atoms with Gasteiger partial charge in [-0.3, -0.25) is 14.4 Å². The van der Waals surface area contributed by atoms with Crippen molar-refractivity contribution >= 4 is 47.1 Å². The van der Waals surface area contributed by atoms with Crippen LogP contribution in [0.25, 0.3) is 6.08 Å². The predicted molar refractivity (Wildman–Crippen MR) is 186 cm³/mol. The molecule has 0 saturated heterocycles. The monoisotopic (exact) mass is 640 g/mol. The number of hydrogen-bond acceptors (Lipinski definition) is 6. The van der Waals surface area contributed by atoms with Crippen molar-refractivity contribution in [3.63, 3.8) is 0 Å². The van der Waals surface area contributed by atoms with Crippen molar-refractivity contribution in [1.29, 1.82) is 0 Å². The lowest BCUT2D eigenvalue weighted by Crippen LogP contribution is -2.34. The molecule has 0 aromatic heterocycles. The maximum absolute atomic E-state index is 13.2. The molecule has 248 valence electrons. The van der Waals surface area contributed by atoms with Crippen LogP contribution >= 0.6 is 0 Å². The minimum atomic E-state index is -0.582. The molecule has 0 fully saturated rings. The topological polar surface area (TPSA) is 155 Å². The minimum absolute atomic E-state index is 0.0450. The Labute approximate surface area is 276 Å². The molecule has 4 amide bonds. The van der Waals surface area contributed by atoms with Gasteiger partial charge in [0, 0.05) is 54.1 Å². The second kappa shape index (κ2) is 18.5. The first-order chi connectivity index (χ1) is 22.6. The van der Waals surface area contributed by atoms with E-state index in [4.69, 9.17) is 10.5 Å². The molecule has 3 aromatic carbocycles. The van der Waals surface area contributed by atoms with Crippen molar-refractivity contribution in [3.8, 4) is 0 Å². The molecule has 47 heavy (non-hydrogen) atoms. The highest BCUT2D eigenvalue weighted by molar-refractivity contribution is 6.06. The number of nitrogens with two attached hydrogens (primary N) is 1. The van der Waals surface area contributed by atoms with Crippen molar-refractivity contribution in [2.24, 2.45) is 10.7 Å². The molecule has 5 N–H and O–H groups in total. The van der Waals surface area contributed by atoms with Crippen molar-refractivity contribution in [3.05, 3.63) is 101 Å². The quantitative estimate of drug-likeness (QED) is 0.0728. The Balaban J connectivity index is 1.61. The van der Waals surface area contributed by atoms with Gasteiger partial charge in [0.15, 0.2) is 0 Å². The Morgan fingerprint density at radius 2 is 1.51 bits per heavy atom. The van der Waals surface area contributed by atoms with Crippen LogP contribution in [0.3, 0.4) is 0 Å². The number of benzene rings is 3. The number of anilines is 1. The minimum Gasteiger partial charge on any atom is -0.445 e. The van der Waals surface area contributed by atoms with Crippen molar-refractivity contribution in [2.75, 3.05) is 31.5 Å². The summed E-state index contributed by atoms with van der Waals surface area (Å²) in [7, 11) is 0. The molecule has 0 bridgehead atoms. The van der Waals surface area contributed by atoms with Crippen LogP contribution in [0.2, 0.25) is 0 Å². The third kappa shape index (κ3) is 11.8. The molecular weight excluding hydrogens is 596 g/mol. The maximum atomic E-state index is 13.2. The first-order valence-electron chi connectivity index (χ1n) is 15.7. The van der Waals surface area contributed by atoms with E-state index in [1.807, 2.05) is 49.1 Å². The number of amides is 4. The third-order valence-corrected chi connectivity index (χ3v) is 6.85. The van der Waals surface area contributed by atoms with Gasteiger partial charge in [-0.15, -0.1) is 0 Å². The summed E-state index contributed by atoms with van der Waals surface area (Å²) in [4.78, 5) is 57.1. The molecule has 0 spiro atoms. The molecule has 0 aliphatic rings. The molecule has 0 atom stereocenters. The standard InChI is InChI=1S/C36H44N6O5/c1-5-19-42(20-6-2)35(45)25(3)21-28-15-16-30(23-32(28)40-26(4)37)34(44)41-31-14-10-13-29(22-31)33(43)38-17-18-39-36(46)47-24-27-11-8-7-9-12-27/h7-16,21-23H,5-6,17-20,24H2,1-4H3,(H2,37,40)(H,38,43)(H,39,46)(H,41,44)/b25-21+. The fraction of sp³-hybridized carbons (Fsp3) is 0.306. The number of alkyl carbamates (subject to hydrolysis) is 1. The summed E-state index contributed by atoms with van der Waals surface area (Å²) in [6, 6.07) is 20.8. The zero-order valence-electron chi connectivity index (χ0n) is 27.5. The highest BCUT2D eigenvalue weighted by Crippen LogP contribution is 2.25. The van der Waals surface area contributed by atoms with Crippen LogP contribution in [0.1, 0.15) is 72.4 Å². The number of nitrogens with zero attached hydrogens (tertiary/aromatic N) is 2. The van der Waals surface area contributed by atoms with Crippen LogP contribution < -0.4 is 21.7 Å². The molecular formula is C36H44N6O5. The molecule has 3 aromatic rings. The van der Waals surface area contributed by atoms with E-state index in [-0.39, 0.29) is 31.5 Å². The molecule has 0 heterocycles. The zero-order valence-corrected chi connectivity index (χ0v) is 27.5. The van der Waals surface area contributed by atoms with Gasteiger partial charge in [-0.05, 0) is 68.7 Å². The Morgan fingerprint density at radius 3 is 2.19 bits per heavy atom. The molecule has 0 saturated carbocycles. The normalized spacial score (nSPS) is 11.4. The SMILES string of the molecule is CCCN(CCC)C(=O)/C(C)=C/c1ccc(C(=O)Nc2cccc(C(=O)NCCNC(=O)OCc3ccccc3)c2)cc1/N=C(\C)N. The molecule has 11 nitrogen and oxygen atoms in total. The van der Waals surface area contributed by atoms with Crippen LogP contribution in [0, 0.1) is 0 Å². The third-order valence-electron chi connectivity index (χ3n) is 6.85. The second-order valence-electron chi connectivity index (χ2n) is 10.9. The Kier molecular flexibility index (Phi) is 14.2. The van der Waals surface area contributed by atoms with Gasteiger partial charge in [0.2, 0.25) is 5.91 Å². The molecule has 0 radical (unpaired) electrons. The Bertz CT molecular complexity index is 1590. The van der Waals surface area contributed by atoms with Gasteiger partial charge in [0.05, 0.1) is 11.5 Å². The number of aliphatic imine (C=N–C) groups is 1. The zero-order chi connectivity index (χ0) is 34.2. The van der Waals surface area contributed by atoms with Crippen LogP contribution in [0.15, 0.2) is 83.4 Å². The Hall–Kier alpha value is -5.45. The van der Waals surface area contributed by atoms with Gasteiger partial charge < -0.3 is 31.3 Å². The van der Waals surface area contributed by atoms with E-state index in [2.05, 4.69) is 20.9 Å². The van der Waals surface area contributed by atoms with Gasteiger partial charge in [-0.2, -0.15) is 0 Å². The lowest BCUT2D eigenvalue weighted by molar-refractivity contribution is -0.127. The summed E-state index contributed by atoms with van der Waals surface area (Å²) in [5, 5.41) is 8.15. The number of nitrogens with one attached hydrogen (secondary N) is 3. The van der Waals surface area contributed by atoms with Crippen molar-refractivity contribution in [1.82, 2.24) is 15.5 Å². The lowest BCUT2D eigenvalue weighted by atomic mass is 10.0. The number of ether oxygens (including phenoxy) is 1. The molecule has 3 rings (SSSR count). The Morgan fingerprint density at radius 1 is 0.830 bits per heavy atom. The van der Waals surface area contributed by atoms with Crippen LogP contribution in [0.4, 0.5) is 16.2 Å². The molecule has 0 aliphatic carbocycles. The summed E-state index contributed by atoms with van der Waals surface area (Å²) in [5.41, 5.74) is 9.50. The highest BCUT2D eigenvalue weighted by Gasteiger charge is 2.16. The lowest BCUT2D eigenvalue weighted by Gasteiger charge is -2.22. The van der Waals surface area contributed by atoms with Crippen molar-refractivity contribution < 1.29 is 23.9 Å². The van der Waals surface area contributed by atoms with Gasteiger partial charge in [-0.25, -0.2) is 9.79 Å². The highest BCUT2D eigenvalue weighted by atomic mass is 16.5. The number of carbonyl (C=O) groups is 4. The number of amidine groups is 1. The average Bonchev–Trinajstić information content (AvgIpc) is 3.06. The van der Waals surface area contributed by atoms with Gasteiger partial charge in [0.25, 0.3) is 11.8 Å². The summed E-state index contributed by atoms with van der Waals surface area (Å²) >= 11 is 0. The van der Waals surface area contributed by atoms with E-state index in [1.165, 1.54) is 0 Å². The number of hydrogen-bond donors (Lipinski definition) is 4. The summed E-state index contributed by atoms with van der Waals surface area (Å²) in [5.74, 6) is -0.519. The largest absolute Gasteiger partial charge is 0.445 e. The smallest absolute Gasteiger partial charge is 0.407 e. The van der Waals surface area contributed by atoms with E-state index >= 15 is 0 Å². The molecule has 11 heteroatoms. The number of carbonyl (C=O) groups excluding carboxylic acids is 4. The van der Waals surface area contributed by atoms with Gasteiger partial charge in [-0.1, -0.05) is 56.3 Å². The van der Waals surface area contributed by atoms with Gasteiger partial charge >= 0.3 is 6.09 Å². The van der Waals surface area contributed by atoms with Crippen LogP contribution in [0.5, 0.6) is 0 Å². The maximum Gasteiger partial charge on any atom is 0.407 e. The fourth-order valence-corrected chi connectivity index (χ4v) is 4.65. The van der Waals surface area contributed by atoms with Crippen molar-refractivity contribution in [2.45, 2.75) is 47.1 Å². The van der Waals surface area contributed by atoms with Crippen LogP contribution in [-0.2, 0) is 16.1 Å². The van der Waals surface area contributed by atoms with E-state index in [1.54, 1.807) is 62.4 Å². The summed E-state index contributed by atoms with van der Waals surface area (Å²) in [6.45, 7) is 9.35.